The fourth-order valence-corrected chi connectivity index (χ4v) is 2.12. The Morgan fingerprint density at radius 2 is 1.86 bits per heavy atom. The summed E-state index contributed by atoms with van der Waals surface area (Å²) in [4.78, 5) is 25.4. The highest BCUT2D eigenvalue weighted by atomic mass is 16.3. The number of hydrogen-bond donors (Lipinski definition) is 1. The summed E-state index contributed by atoms with van der Waals surface area (Å²) < 4.78 is 7.17. The number of hydrogen-bond acceptors (Lipinski definition) is 3. The van der Waals surface area contributed by atoms with E-state index in [1.165, 1.54) is 10.8 Å². The molecule has 0 spiro atoms. The fraction of sp³-hybridized carbons (Fsp3) is 0.125. The van der Waals surface area contributed by atoms with E-state index in [1.807, 2.05) is 42.5 Å². The van der Waals surface area contributed by atoms with E-state index in [0.717, 1.165) is 11.3 Å². The van der Waals surface area contributed by atoms with Crippen molar-refractivity contribution in [3.63, 3.8) is 0 Å². The number of aryl methyl sites for hydroxylation is 1. The van der Waals surface area contributed by atoms with E-state index in [4.69, 9.17) is 4.42 Å². The van der Waals surface area contributed by atoms with Crippen LogP contribution < -0.4 is 11.2 Å². The normalized spacial score (nSPS) is 10.7. The second kappa shape index (κ2) is 5.28. The minimum Gasteiger partial charge on any atom is -0.459 e. The van der Waals surface area contributed by atoms with Crippen LogP contribution >= 0.6 is 0 Å². The first-order valence-electron chi connectivity index (χ1n) is 6.58. The molecule has 0 atom stereocenters. The summed E-state index contributed by atoms with van der Waals surface area (Å²) >= 11 is 0. The number of furan rings is 1. The topological polar surface area (TPSA) is 68.0 Å². The molecule has 0 bridgehead atoms. The van der Waals surface area contributed by atoms with Crippen molar-refractivity contribution >= 4 is 0 Å². The molecule has 0 saturated carbocycles. The van der Waals surface area contributed by atoms with Gasteiger partial charge in [0.15, 0.2) is 0 Å². The number of aromatic nitrogens is 2. The summed E-state index contributed by atoms with van der Waals surface area (Å²) in [6.45, 7) is 1.94. The first-order chi connectivity index (χ1) is 10.1. The molecule has 0 fully saturated rings. The smallest absolute Gasteiger partial charge is 0.328 e. The molecule has 3 rings (SSSR count). The highest BCUT2D eigenvalue weighted by Gasteiger charge is 2.07. The molecular formula is C16H14N2O3. The molecule has 2 aromatic heterocycles. The molecule has 0 saturated heterocycles. The van der Waals surface area contributed by atoms with Crippen LogP contribution in [0.2, 0.25) is 0 Å². The van der Waals surface area contributed by atoms with E-state index in [-0.39, 0.29) is 12.1 Å². The predicted octanol–water partition coefficient (Wildman–Crippen LogP) is 2.15. The maximum Gasteiger partial charge on any atom is 0.328 e. The predicted molar refractivity (Wildman–Crippen MR) is 79.3 cm³/mol. The van der Waals surface area contributed by atoms with E-state index in [2.05, 4.69) is 4.98 Å². The molecule has 21 heavy (non-hydrogen) atoms. The summed E-state index contributed by atoms with van der Waals surface area (Å²) in [5, 5.41) is 0. The van der Waals surface area contributed by atoms with Gasteiger partial charge in [-0.1, -0.05) is 30.3 Å². The Balaban J connectivity index is 1.90. The molecule has 0 aliphatic rings. The molecule has 106 valence electrons. The summed E-state index contributed by atoms with van der Waals surface area (Å²) in [6.07, 6.45) is 1.53. The van der Waals surface area contributed by atoms with Crippen molar-refractivity contribution in [2.24, 2.45) is 0 Å². The molecule has 1 aromatic carbocycles. The van der Waals surface area contributed by atoms with Crippen LogP contribution in [0.1, 0.15) is 11.3 Å². The number of H-pyrrole nitrogens is 1. The Kier molecular flexibility index (Phi) is 3.31. The Morgan fingerprint density at radius 3 is 2.62 bits per heavy atom. The maximum absolute atomic E-state index is 11.7. The third-order valence-electron chi connectivity index (χ3n) is 3.24. The lowest BCUT2D eigenvalue weighted by Gasteiger charge is -2.03. The third-order valence-corrected chi connectivity index (χ3v) is 3.24. The lowest BCUT2D eigenvalue weighted by atomic mass is 10.2. The van der Waals surface area contributed by atoms with Gasteiger partial charge < -0.3 is 4.42 Å². The van der Waals surface area contributed by atoms with Crippen LogP contribution in [0, 0.1) is 6.92 Å². The van der Waals surface area contributed by atoms with Crippen molar-refractivity contribution in [2.45, 2.75) is 13.5 Å². The van der Waals surface area contributed by atoms with Crippen LogP contribution in [-0.4, -0.2) is 9.55 Å². The Hall–Kier alpha value is -2.82. The average Bonchev–Trinajstić information content (AvgIpc) is 2.94. The highest BCUT2D eigenvalue weighted by molar-refractivity contribution is 5.57. The second-order valence-electron chi connectivity index (χ2n) is 4.83. The van der Waals surface area contributed by atoms with Crippen molar-refractivity contribution < 1.29 is 4.42 Å². The molecular weight excluding hydrogens is 268 g/mol. The number of rotatable bonds is 3. The second-order valence-corrected chi connectivity index (χ2v) is 4.83. The van der Waals surface area contributed by atoms with Gasteiger partial charge in [-0.05, 0) is 19.1 Å². The van der Waals surface area contributed by atoms with E-state index in [1.54, 1.807) is 6.92 Å². The van der Waals surface area contributed by atoms with Crippen LogP contribution in [-0.2, 0) is 6.54 Å². The van der Waals surface area contributed by atoms with Crippen molar-refractivity contribution in [3.05, 3.63) is 80.8 Å². The lowest BCUT2D eigenvalue weighted by Crippen LogP contribution is -2.30. The largest absolute Gasteiger partial charge is 0.459 e. The molecule has 1 N–H and O–H groups in total. The minimum absolute atomic E-state index is 0.281. The van der Waals surface area contributed by atoms with E-state index in [0.29, 0.717) is 11.3 Å². The third kappa shape index (κ3) is 2.72. The monoisotopic (exact) mass is 282 g/mol. The van der Waals surface area contributed by atoms with Gasteiger partial charge in [0.25, 0.3) is 5.56 Å². The maximum atomic E-state index is 11.7. The van der Waals surface area contributed by atoms with Crippen molar-refractivity contribution in [1.82, 2.24) is 9.55 Å². The molecule has 5 heteroatoms. The number of aromatic amines is 1. The van der Waals surface area contributed by atoms with Gasteiger partial charge >= 0.3 is 5.69 Å². The summed E-state index contributed by atoms with van der Waals surface area (Å²) in [5.41, 5.74) is 0.669. The van der Waals surface area contributed by atoms with Gasteiger partial charge in [-0.2, -0.15) is 0 Å². The molecule has 0 aliphatic heterocycles. The average molecular weight is 282 g/mol. The quantitative estimate of drug-likeness (QED) is 0.800. The number of nitrogens with one attached hydrogen (secondary N) is 1. The summed E-state index contributed by atoms with van der Waals surface area (Å²) in [5.74, 6) is 1.40. The van der Waals surface area contributed by atoms with Crippen LogP contribution in [0.5, 0.6) is 0 Å². The standard InChI is InChI=1S/C16H14N2O3/c1-11-9-18(16(20)17-15(11)19)10-13-7-8-14(21-13)12-5-3-2-4-6-12/h2-9H,10H2,1H3,(H,17,19,20). The van der Waals surface area contributed by atoms with Gasteiger partial charge in [0.2, 0.25) is 0 Å². The van der Waals surface area contributed by atoms with Crippen LogP contribution in [0.3, 0.4) is 0 Å². The number of nitrogens with zero attached hydrogens (tertiary/aromatic N) is 1. The van der Waals surface area contributed by atoms with Crippen LogP contribution in [0.15, 0.2) is 62.7 Å². The molecule has 5 nitrogen and oxygen atoms in total. The van der Waals surface area contributed by atoms with Gasteiger partial charge in [0.05, 0.1) is 6.54 Å². The van der Waals surface area contributed by atoms with E-state index >= 15 is 0 Å². The summed E-state index contributed by atoms with van der Waals surface area (Å²) in [7, 11) is 0. The van der Waals surface area contributed by atoms with E-state index < -0.39 is 5.69 Å². The lowest BCUT2D eigenvalue weighted by molar-refractivity contribution is 0.497. The van der Waals surface area contributed by atoms with Crippen LogP contribution in [0.25, 0.3) is 11.3 Å². The number of benzene rings is 1. The Labute approximate surface area is 120 Å². The molecule has 2 heterocycles. The van der Waals surface area contributed by atoms with Crippen molar-refractivity contribution in [3.8, 4) is 11.3 Å². The minimum atomic E-state index is -0.441. The molecule has 0 unspecified atom stereocenters. The summed E-state index contributed by atoms with van der Waals surface area (Å²) in [6, 6.07) is 13.4. The van der Waals surface area contributed by atoms with Crippen molar-refractivity contribution in [1.29, 1.82) is 0 Å². The Morgan fingerprint density at radius 1 is 1.10 bits per heavy atom. The van der Waals surface area contributed by atoms with Gasteiger partial charge in [-0.25, -0.2) is 4.79 Å². The zero-order valence-corrected chi connectivity index (χ0v) is 11.5. The van der Waals surface area contributed by atoms with Crippen LogP contribution in [0.4, 0.5) is 0 Å². The molecule has 3 aromatic rings. The zero-order valence-electron chi connectivity index (χ0n) is 11.5. The molecule has 0 radical (unpaired) electrons. The fourth-order valence-electron chi connectivity index (χ4n) is 2.12. The Bertz CT molecular complexity index is 872. The molecule has 0 aliphatic carbocycles. The first-order valence-corrected chi connectivity index (χ1v) is 6.58. The SMILES string of the molecule is Cc1cn(Cc2ccc(-c3ccccc3)o2)c(=O)[nH]c1=O. The van der Waals surface area contributed by atoms with Gasteiger partial charge in [-0.15, -0.1) is 0 Å². The first kappa shape index (κ1) is 13.2. The van der Waals surface area contributed by atoms with Gasteiger partial charge in [0, 0.05) is 17.3 Å². The molecule has 0 amide bonds. The van der Waals surface area contributed by atoms with Gasteiger partial charge in [0.1, 0.15) is 11.5 Å². The highest BCUT2D eigenvalue weighted by Crippen LogP contribution is 2.21. The van der Waals surface area contributed by atoms with E-state index in [9.17, 15) is 9.59 Å². The zero-order chi connectivity index (χ0) is 14.8. The van der Waals surface area contributed by atoms with Gasteiger partial charge in [-0.3, -0.25) is 14.3 Å². The van der Waals surface area contributed by atoms with Crippen molar-refractivity contribution in [2.75, 3.05) is 0 Å².